The van der Waals surface area contributed by atoms with Crippen molar-refractivity contribution in [2.75, 3.05) is 6.61 Å². The lowest BCUT2D eigenvalue weighted by Crippen LogP contribution is -2.09. The van der Waals surface area contributed by atoms with Crippen molar-refractivity contribution in [1.82, 2.24) is 0 Å². The first-order valence-electron chi connectivity index (χ1n) is 5.58. The van der Waals surface area contributed by atoms with E-state index < -0.39 is 0 Å². The summed E-state index contributed by atoms with van der Waals surface area (Å²) in [6.07, 6.45) is 0.155. The van der Waals surface area contributed by atoms with Crippen LogP contribution >= 0.6 is 15.9 Å². The van der Waals surface area contributed by atoms with E-state index in [0.29, 0.717) is 12.5 Å². The standard InChI is InChI=1S/C13H19BrO2/c1-9(2)8-15-13-7-11(14)5-6-12(13)16-10(3)4/h5-7,9-10H,8H2,1-4H3. The molecule has 0 bridgehead atoms. The van der Waals surface area contributed by atoms with E-state index in [0.717, 1.165) is 16.0 Å². The van der Waals surface area contributed by atoms with Crippen LogP contribution in [0.4, 0.5) is 0 Å². The summed E-state index contributed by atoms with van der Waals surface area (Å²) in [5.74, 6) is 2.11. The molecule has 0 amide bonds. The number of hydrogen-bond acceptors (Lipinski definition) is 2. The van der Waals surface area contributed by atoms with E-state index in [2.05, 4.69) is 29.8 Å². The SMILES string of the molecule is CC(C)COc1cc(Br)ccc1OC(C)C. The van der Waals surface area contributed by atoms with E-state index in [4.69, 9.17) is 9.47 Å². The van der Waals surface area contributed by atoms with Gasteiger partial charge in [-0.15, -0.1) is 0 Å². The molecular formula is C13H19BrO2. The van der Waals surface area contributed by atoms with Crippen LogP contribution in [0.2, 0.25) is 0 Å². The summed E-state index contributed by atoms with van der Waals surface area (Å²) in [4.78, 5) is 0. The average Bonchev–Trinajstić information content (AvgIpc) is 2.17. The summed E-state index contributed by atoms with van der Waals surface area (Å²) in [7, 11) is 0. The monoisotopic (exact) mass is 286 g/mol. The normalized spacial score (nSPS) is 10.9. The van der Waals surface area contributed by atoms with Gasteiger partial charge in [-0.1, -0.05) is 29.8 Å². The zero-order valence-electron chi connectivity index (χ0n) is 10.3. The first-order valence-corrected chi connectivity index (χ1v) is 6.37. The van der Waals surface area contributed by atoms with E-state index in [1.165, 1.54) is 0 Å². The van der Waals surface area contributed by atoms with Crippen LogP contribution in [0.5, 0.6) is 11.5 Å². The topological polar surface area (TPSA) is 18.5 Å². The largest absolute Gasteiger partial charge is 0.489 e. The zero-order valence-corrected chi connectivity index (χ0v) is 11.9. The summed E-state index contributed by atoms with van der Waals surface area (Å²) in [6.45, 7) is 8.97. The highest BCUT2D eigenvalue weighted by Crippen LogP contribution is 2.31. The fraction of sp³-hybridized carbons (Fsp3) is 0.538. The van der Waals surface area contributed by atoms with Crippen molar-refractivity contribution in [2.45, 2.75) is 33.8 Å². The maximum absolute atomic E-state index is 5.73. The molecule has 0 saturated heterocycles. The number of rotatable bonds is 5. The summed E-state index contributed by atoms with van der Waals surface area (Å²) in [6, 6.07) is 5.83. The molecule has 0 aliphatic rings. The van der Waals surface area contributed by atoms with Gasteiger partial charge in [0.05, 0.1) is 12.7 Å². The fourth-order valence-corrected chi connectivity index (χ4v) is 1.54. The van der Waals surface area contributed by atoms with Crippen LogP contribution in [0, 0.1) is 5.92 Å². The third-order valence-corrected chi connectivity index (χ3v) is 2.33. The van der Waals surface area contributed by atoms with Crippen LogP contribution in [-0.2, 0) is 0 Å². The minimum atomic E-state index is 0.155. The van der Waals surface area contributed by atoms with Crippen molar-refractivity contribution in [1.29, 1.82) is 0 Å². The number of benzene rings is 1. The van der Waals surface area contributed by atoms with Crippen LogP contribution in [0.3, 0.4) is 0 Å². The van der Waals surface area contributed by atoms with Crippen molar-refractivity contribution < 1.29 is 9.47 Å². The molecule has 1 aromatic carbocycles. The lowest BCUT2D eigenvalue weighted by Gasteiger charge is -2.16. The van der Waals surface area contributed by atoms with Gasteiger partial charge in [-0.25, -0.2) is 0 Å². The molecule has 90 valence electrons. The van der Waals surface area contributed by atoms with Gasteiger partial charge in [0, 0.05) is 4.47 Å². The maximum atomic E-state index is 5.73. The Morgan fingerprint density at radius 1 is 1.12 bits per heavy atom. The Hall–Kier alpha value is -0.700. The molecule has 0 fully saturated rings. The molecule has 0 heterocycles. The van der Waals surface area contributed by atoms with Gasteiger partial charge >= 0.3 is 0 Å². The second kappa shape index (κ2) is 6.14. The first-order chi connectivity index (χ1) is 7.49. The summed E-state index contributed by atoms with van der Waals surface area (Å²) >= 11 is 3.43. The molecule has 2 nitrogen and oxygen atoms in total. The third kappa shape index (κ3) is 4.44. The van der Waals surface area contributed by atoms with Gasteiger partial charge in [-0.05, 0) is 38.0 Å². The van der Waals surface area contributed by atoms with E-state index in [1.807, 2.05) is 32.0 Å². The predicted octanol–water partition coefficient (Wildman–Crippen LogP) is 4.27. The third-order valence-electron chi connectivity index (χ3n) is 1.84. The lowest BCUT2D eigenvalue weighted by molar-refractivity contribution is 0.211. The van der Waals surface area contributed by atoms with E-state index >= 15 is 0 Å². The maximum Gasteiger partial charge on any atom is 0.162 e. The molecule has 1 rings (SSSR count). The van der Waals surface area contributed by atoms with Gasteiger partial charge in [0.25, 0.3) is 0 Å². The smallest absolute Gasteiger partial charge is 0.162 e. The first kappa shape index (κ1) is 13.4. The molecule has 0 unspecified atom stereocenters. The van der Waals surface area contributed by atoms with Gasteiger partial charge in [0.15, 0.2) is 11.5 Å². The number of halogens is 1. The molecule has 3 heteroatoms. The second-order valence-electron chi connectivity index (χ2n) is 4.46. The van der Waals surface area contributed by atoms with Crippen molar-refractivity contribution in [3.8, 4) is 11.5 Å². The molecular weight excluding hydrogens is 268 g/mol. The average molecular weight is 287 g/mol. The lowest BCUT2D eigenvalue weighted by atomic mass is 10.2. The van der Waals surface area contributed by atoms with Gasteiger partial charge in [-0.3, -0.25) is 0 Å². The molecule has 16 heavy (non-hydrogen) atoms. The highest BCUT2D eigenvalue weighted by molar-refractivity contribution is 9.10. The molecule has 0 atom stereocenters. The van der Waals surface area contributed by atoms with Crippen LogP contribution in [0.25, 0.3) is 0 Å². The van der Waals surface area contributed by atoms with Gasteiger partial charge in [0.1, 0.15) is 0 Å². The van der Waals surface area contributed by atoms with E-state index in [1.54, 1.807) is 0 Å². The Kier molecular flexibility index (Phi) is 5.13. The van der Waals surface area contributed by atoms with Crippen LogP contribution in [-0.4, -0.2) is 12.7 Å². The Morgan fingerprint density at radius 2 is 1.81 bits per heavy atom. The fourth-order valence-electron chi connectivity index (χ4n) is 1.20. The van der Waals surface area contributed by atoms with Crippen LogP contribution in [0.15, 0.2) is 22.7 Å². The van der Waals surface area contributed by atoms with E-state index in [-0.39, 0.29) is 6.10 Å². The quantitative estimate of drug-likeness (QED) is 0.805. The highest BCUT2D eigenvalue weighted by atomic mass is 79.9. The van der Waals surface area contributed by atoms with Gasteiger partial charge in [0.2, 0.25) is 0 Å². The molecule has 0 saturated carbocycles. The molecule has 0 N–H and O–H groups in total. The Balaban J connectivity index is 2.81. The number of hydrogen-bond donors (Lipinski definition) is 0. The summed E-state index contributed by atoms with van der Waals surface area (Å²) in [5, 5.41) is 0. The Bertz CT molecular complexity index is 335. The molecule has 1 aromatic rings. The molecule has 0 radical (unpaired) electrons. The van der Waals surface area contributed by atoms with Crippen LogP contribution < -0.4 is 9.47 Å². The minimum Gasteiger partial charge on any atom is -0.489 e. The molecule has 0 aliphatic heterocycles. The number of ether oxygens (including phenoxy) is 2. The summed E-state index contributed by atoms with van der Waals surface area (Å²) < 4.78 is 12.4. The minimum absolute atomic E-state index is 0.155. The zero-order chi connectivity index (χ0) is 12.1. The molecule has 0 aromatic heterocycles. The predicted molar refractivity (Wildman–Crippen MR) is 70.2 cm³/mol. The van der Waals surface area contributed by atoms with Crippen molar-refractivity contribution >= 4 is 15.9 Å². The Morgan fingerprint density at radius 3 is 2.38 bits per heavy atom. The van der Waals surface area contributed by atoms with Gasteiger partial charge in [-0.2, -0.15) is 0 Å². The highest BCUT2D eigenvalue weighted by Gasteiger charge is 2.08. The molecule has 0 spiro atoms. The molecule has 0 aliphatic carbocycles. The van der Waals surface area contributed by atoms with E-state index in [9.17, 15) is 0 Å². The van der Waals surface area contributed by atoms with Crippen molar-refractivity contribution in [3.63, 3.8) is 0 Å². The van der Waals surface area contributed by atoms with Gasteiger partial charge < -0.3 is 9.47 Å². The van der Waals surface area contributed by atoms with Crippen molar-refractivity contribution in [2.24, 2.45) is 5.92 Å². The second-order valence-corrected chi connectivity index (χ2v) is 5.38. The summed E-state index contributed by atoms with van der Waals surface area (Å²) in [5.41, 5.74) is 0. The Labute approximate surface area is 106 Å². The van der Waals surface area contributed by atoms with Crippen LogP contribution in [0.1, 0.15) is 27.7 Å². The van der Waals surface area contributed by atoms with Crippen molar-refractivity contribution in [3.05, 3.63) is 22.7 Å².